The first kappa shape index (κ1) is 14.8. The second-order valence-electron chi connectivity index (χ2n) is 2.05. The highest BCUT2D eigenvalue weighted by molar-refractivity contribution is 5.68. The first-order chi connectivity index (χ1) is 6.18. The molecule has 0 aliphatic rings. The Kier molecular flexibility index (Phi) is 15.8. The van der Waals surface area contributed by atoms with Crippen LogP contribution in [0.25, 0.3) is 0 Å². The maximum absolute atomic E-state index is 9.54. The van der Waals surface area contributed by atoms with Gasteiger partial charge in [0.05, 0.1) is 26.4 Å². The summed E-state index contributed by atoms with van der Waals surface area (Å²) in [7, 11) is 1.59. The van der Waals surface area contributed by atoms with Crippen molar-refractivity contribution in [3.05, 3.63) is 0 Å². The van der Waals surface area contributed by atoms with Gasteiger partial charge in [-0.3, -0.25) is 4.79 Å². The molecule has 0 bridgehead atoms. The molecule has 0 saturated heterocycles. The van der Waals surface area contributed by atoms with Gasteiger partial charge < -0.3 is 26.0 Å². The van der Waals surface area contributed by atoms with E-state index >= 15 is 0 Å². The van der Waals surface area contributed by atoms with Gasteiger partial charge >= 0.3 is 5.97 Å². The van der Waals surface area contributed by atoms with Crippen molar-refractivity contribution in [2.45, 2.75) is 0 Å². The summed E-state index contributed by atoms with van der Waals surface area (Å²) < 4.78 is 4.76. The van der Waals surface area contributed by atoms with E-state index in [1.165, 1.54) is 0 Å². The highest BCUT2D eigenvalue weighted by atomic mass is 16.5. The highest BCUT2D eigenvalue weighted by Crippen LogP contribution is 1.66. The van der Waals surface area contributed by atoms with Gasteiger partial charge in [0.15, 0.2) is 0 Å². The number of aliphatic hydroxyl groups excluding tert-OH is 1. The Balaban J connectivity index is 0. The van der Waals surface area contributed by atoms with Gasteiger partial charge in [-0.15, -0.1) is 0 Å². The predicted molar refractivity (Wildman–Crippen MR) is 48.5 cm³/mol. The molecule has 0 fully saturated rings. The third-order valence-corrected chi connectivity index (χ3v) is 0.826. The van der Waals surface area contributed by atoms with Crippen LogP contribution >= 0.6 is 0 Å². The standard InChI is InChI=1S/C4H11NO2.C3H7NO2/c5-1-3-7-4-2-6;1-4-2-3(5)6/h6H,1-5H2;4H,2H2,1H3,(H,5,6). The zero-order valence-corrected chi connectivity index (χ0v) is 7.82. The molecule has 0 aliphatic carbocycles. The summed E-state index contributed by atoms with van der Waals surface area (Å²) in [6.45, 7) is 1.59. The molecule has 6 nitrogen and oxygen atoms in total. The van der Waals surface area contributed by atoms with Crippen molar-refractivity contribution in [2.24, 2.45) is 5.73 Å². The molecule has 0 radical (unpaired) electrons. The first-order valence-electron chi connectivity index (χ1n) is 3.94. The van der Waals surface area contributed by atoms with E-state index in [4.69, 9.17) is 20.7 Å². The molecule has 0 aromatic heterocycles. The zero-order chi connectivity index (χ0) is 10.5. The Hall–Kier alpha value is -0.690. The van der Waals surface area contributed by atoms with Crippen LogP contribution in [0.15, 0.2) is 0 Å². The number of carboxylic acids is 1. The quantitative estimate of drug-likeness (QED) is 0.373. The minimum Gasteiger partial charge on any atom is -0.480 e. The van der Waals surface area contributed by atoms with E-state index in [0.29, 0.717) is 19.8 Å². The van der Waals surface area contributed by atoms with Gasteiger partial charge in [-0.1, -0.05) is 0 Å². The van der Waals surface area contributed by atoms with E-state index in [0.717, 1.165) is 0 Å². The average Bonchev–Trinajstić information content (AvgIpc) is 2.06. The van der Waals surface area contributed by atoms with Crippen LogP contribution in [0.5, 0.6) is 0 Å². The molecule has 0 aromatic carbocycles. The van der Waals surface area contributed by atoms with Crippen LogP contribution in [0.2, 0.25) is 0 Å². The summed E-state index contributed by atoms with van der Waals surface area (Å²) in [5.74, 6) is -0.822. The third kappa shape index (κ3) is 24.6. The number of carbonyl (C=O) groups is 1. The van der Waals surface area contributed by atoms with Gasteiger partial charge in [-0.25, -0.2) is 0 Å². The molecule has 0 unspecified atom stereocenters. The van der Waals surface area contributed by atoms with Gasteiger partial charge in [-0.2, -0.15) is 0 Å². The minimum atomic E-state index is -0.822. The maximum atomic E-state index is 9.54. The van der Waals surface area contributed by atoms with Crippen LogP contribution < -0.4 is 11.1 Å². The number of nitrogens with one attached hydrogen (secondary N) is 1. The minimum absolute atomic E-state index is 0.0417. The molecule has 80 valence electrons. The highest BCUT2D eigenvalue weighted by Gasteiger charge is 1.86. The topological polar surface area (TPSA) is 105 Å². The fourth-order valence-electron chi connectivity index (χ4n) is 0.401. The summed E-state index contributed by atoms with van der Waals surface area (Å²) in [6.07, 6.45) is 0. The molecule has 6 heteroatoms. The zero-order valence-electron chi connectivity index (χ0n) is 7.82. The van der Waals surface area contributed by atoms with Gasteiger partial charge in [0.25, 0.3) is 0 Å². The number of hydrogen-bond acceptors (Lipinski definition) is 5. The fourth-order valence-corrected chi connectivity index (χ4v) is 0.401. The number of aliphatic carboxylic acids is 1. The molecule has 0 atom stereocenters. The van der Waals surface area contributed by atoms with Gasteiger partial charge in [-0.05, 0) is 7.05 Å². The third-order valence-electron chi connectivity index (χ3n) is 0.826. The number of carboxylic acid groups (broad SMARTS) is 1. The van der Waals surface area contributed by atoms with E-state index in [2.05, 4.69) is 5.32 Å². The lowest BCUT2D eigenvalue weighted by Gasteiger charge is -1.95. The molecule has 13 heavy (non-hydrogen) atoms. The summed E-state index contributed by atoms with van der Waals surface area (Å²) in [6, 6.07) is 0. The van der Waals surface area contributed by atoms with Crippen LogP contribution in [-0.4, -0.2) is 56.1 Å². The van der Waals surface area contributed by atoms with Crippen molar-refractivity contribution in [3.8, 4) is 0 Å². The molecule has 5 N–H and O–H groups in total. The molecule has 0 aliphatic heterocycles. The second-order valence-corrected chi connectivity index (χ2v) is 2.05. The number of aliphatic hydroxyl groups is 1. The van der Waals surface area contributed by atoms with Crippen LogP contribution in [-0.2, 0) is 9.53 Å². The molecule has 0 amide bonds. The second kappa shape index (κ2) is 13.9. The number of hydrogen-bond donors (Lipinski definition) is 4. The molecule has 0 heterocycles. The normalized spacial score (nSPS) is 8.85. The van der Waals surface area contributed by atoms with E-state index in [1.54, 1.807) is 7.05 Å². The Bertz CT molecular complexity index is 107. The van der Waals surface area contributed by atoms with Crippen LogP contribution in [0.1, 0.15) is 0 Å². The van der Waals surface area contributed by atoms with Gasteiger partial charge in [0, 0.05) is 6.54 Å². The summed E-state index contributed by atoms with van der Waals surface area (Å²) in [5, 5.41) is 18.4. The monoisotopic (exact) mass is 194 g/mol. The van der Waals surface area contributed by atoms with Crippen molar-refractivity contribution in [2.75, 3.05) is 40.0 Å². The number of rotatable bonds is 6. The number of nitrogens with two attached hydrogens (primary N) is 1. The molecule has 0 saturated carbocycles. The lowest BCUT2D eigenvalue weighted by Crippen LogP contribution is -2.16. The molecule has 0 spiro atoms. The predicted octanol–water partition coefficient (Wildman–Crippen LogP) is -1.76. The number of ether oxygens (including phenoxy) is 1. The van der Waals surface area contributed by atoms with E-state index in [1.807, 2.05) is 0 Å². The van der Waals surface area contributed by atoms with E-state index < -0.39 is 5.97 Å². The van der Waals surface area contributed by atoms with Crippen molar-refractivity contribution < 1.29 is 19.7 Å². The Morgan fingerprint density at radius 1 is 1.54 bits per heavy atom. The van der Waals surface area contributed by atoms with E-state index in [9.17, 15) is 4.79 Å². The first-order valence-corrected chi connectivity index (χ1v) is 3.94. The molecular formula is C7H18N2O4. The van der Waals surface area contributed by atoms with Crippen molar-refractivity contribution >= 4 is 5.97 Å². The van der Waals surface area contributed by atoms with Crippen LogP contribution in [0.4, 0.5) is 0 Å². The van der Waals surface area contributed by atoms with Crippen LogP contribution in [0, 0.1) is 0 Å². The Labute approximate surface area is 77.7 Å². The van der Waals surface area contributed by atoms with Gasteiger partial charge in [0.1, 0.15) is 0 Å². The van der Waals surface area contributed by atoms with Crippen LogP contribution in [0.3, 0.4) is 0 Å². The molecule has 0 aromatic rings. The van der Waals surface area contributed by atoms with E-state index in [-0.39, 0.29) is 13.2 Å². The molecule has 0 rings (SSSR count). The SMILES string of the molecule is CNCC(=O)O.NCCOCCO. The smallest absolute Gasteiger partial charge is 0.317 e. The van der Waals surface area contributed by atoms with Crippen molar-refractivity contribution in [1.29, 1.82) is 0 Å². The van der Waals surface area contributed by atoms with Gasteiger partial charge in [0.2, 0.25) is 0 Å². The summed E-state index contributed by atoms with van der Waals surface area (Å²) in [4.78, 5) is 9.54. The average molecular weight is 194 g/mol. The lowest BCUT2D eigenvalue weighted by molar-refractivity contribution is -0.135. The summed E-state index contributed by atoms with van der Waals surface area (Å²) >= 11 is 0. The maximum Gasteiger partial charge on any atom is 0.317 e. The lowest BCUT2D eigenvalue weighted by atomic mass is 10.7. The Morgan fingerprint density at radius 3 is 2.38 bits per heavy atom. The molecular weight excluding hydrogens is 176 g/mol. The Morgan fingerprint density at radius 2 is 2.15 bits per heavy atom. The van der Waals surface area contributed by atoms with Crippen molar-refractivity contribution in [1.82, 2.24) is 5.32 Å². The fraction of sp³-hybridized carbons (Fsp3) is 0.857. The van der Waals surface area contributed by atoms with Crippen molar-refractivity contribution in [3.63, 3.8) is 0 Å². The number of likely N-dealkylation sites (N-methyl/N-ethyl adjacent to an activating group) is 1. The summed E-state index contributed by atoms with van der Waals surface area (Å²) in [5.41, 5.74) is 5.06. The largest absolute Gasteiger partial charge is 0.480 e.